The molecule has 0 aromatic heterocycles. The van der Waals surface area contributed by atoms with Crippen molar-refractivity contribution in [1.82, 2.24) is 0 Å². The zero-order chi connectivity index (χ0) is 4.69. The minimum Gasteiger partial charge on any atom is -0.345 e. The van der Waals surface area contributed by atoms with Gasteiger partial charge in [0.15, 0.2) is 0 Å². The predicted molar refractivity (Wildman–Crippen MR) is 23.3 cm³/mol. The molecule has 0 amide bonds. The van der Waals surface area contributed by atoms with Crippen molar-refractivity contribution in [3.05, 3.63) is 11.8 Å². The maximum atomic E-state index is 4.76. The molecule has 1 aliphatic heterocycles. The molecule has 0 N–H and O–H groups in total. The van der Waals surface area contributed by atoms with Gasteiger partial charge in [-0.3, -0.25) is 0 Å². The van der Waals surface area contributed by atoms with Gasteiger partial charge in [-0.1, -0.05) is 0 Å². The Morgan fingerprint density at radius 1 is 1.71 bits per heavy atom. The Morgan fingerprint density at radius 2 is 2.71 bits per heavy atom. The molecule has 0 spiro atoms. The first-order chi connectivity index (χ1) is 3.47. The summed E-state index contributed by atoms with van der Waals surface area (Å²) in [7, 11) is 0. The van der Waals surface area contributed by atoms with E-state index in [0.29, 0.717) is 6.10 Å². The zero-order valence-electron chi connectivity index (χ0n) is 3.89. The van der Waals surface area contributed by atoms with Gasteiger partial charge in [-0.15, -0.1) is 0 Å². The molecule has 1 fully saturated rings. The van der Waals surface area contributed by atoms with Crippen LogP contribution in [0.25, 0.3) is 0 Å². The highest BCUT2D eigenvalue weighted by Crippen LogP contribution is 2.33. The van der Waals surface area contributed by atoms with E-state index in [1.165, 1.54) is 12.0 Å². The van der Waals surface area contributed by atoms with Gasteiger partial charge in [0.05, 0.1) is 0 Å². The van der Waals surface area contributed by atoms with Gasteiger partial charge in [0, 0.05) is 5.57 Å². The second-order valence-corrected chi connectivity index (χ2v) is 1.91. The third-order valence-corrected chi connectivity index (χ3v) is 1.48. The normalized spacial score (nSPS) is 35.4. The fraction of sp³-hybridized carbons (Fsp3) is 0.600. The van der Waals surface area contributed by atoms with Crippen molar-refractivity contribution in [1.29, 1.82) is 0 Å². The fourth-order valence-corrected chi connectivity index (χ4v) is 0.830. The molecule has 2 nitrogen and oxygen atoms in total. The molecule has 2 aliphatic rings. The summed E-state index contributed by atoms with van der Waals surface area (Å²) in [4.78, 5) is 9.33. The van der Waals surface area contributed by atoms with Crippen LogP contribution in [0, 0.1) is 0 Å². The van der Waals surface area contributed by atoms with Crippen molar-refractivity contribution < 1.29 is 9.78 Å². The molecule has 2 rings (SSSR count). The molecule has 7 heavy (non-hydrogen) atoms. The lowest BCUT2D eigenvalue weighted by molar-refractivity contribution is -0.258. The fourth-order valence-electron chi connectivity index (χ4n) is 0.830. The van der Waals surface area contributed by atoms with Crippen molar-refractivity contribution >= 4 is 0 Å². The highest BCUT2D eigenvalue weighted by molar-refractivity contribution is 5.16. The Bertz CT molecular complexity index is 117. The summed E-state index contributed by atoms with van der Waals surface area (Å²) in [6, 6.07) is 0. The first-order valence-corrected chi connectivity index (χ1v) is 2.48. The average Bonchev–Trinajstić information content (AvgIpc) is 1.85. The van der Waals surface area contributed by atoms with E-state index in [4.69, 9.17) is 4.89 Å². The van der Waals surface area contributed by atoms with E-state index in [2.05, 4.69) is 4.89 Å². The van der Waals surface area contributed by atoms with Crippen LogP contribution >= 0.6 is 0 Å². The monoisotopic (exact) mass is 98.0 g/mol. The van der Waals surface area contributed by atoms with Gasteiger partial charge in [0.25, 0.3) is 0 Å². The molecule has 0 bridgehead atoms. The van der Waals surface area contributed by atoms with Gasteiger partial charge in [-0.05, 0) is 12.8 Å². The van der Waals surface area contributed by atoms with E-state index in [-0.39, 0.29) is 0 Å². The second-order valence-electron chi connectivity index (χ2n) is 1.91. The highest BCUT2D eigenvalue weighted by atomic mass is 17.2. The largest absolute Gasteiger partial charge is 0.345 e. The van der Waals surface area contributed by atoms with Crippen LogP contribution in [-0.2, 0) is 9.78 Å². The molecular formula is C5H6O2. The lowest BCUT2D eigenvalue weighted by Gasteiger charge is -2.18. The van der Waals surface area contributed by atoms with E-state index in [9.17, 15) is 0 Å². The van der Waals surface area contributed by atoms with Crippen LogP contribution < -0.4 is 0 Å². The van der Waals surface area contributed by atoms with Crippen molar-refractivity contribution in [2.75, 3.05) is 0 Å². The number of hydrogen-bond acceptors (Lipinski definition) is 2. The Hall–Kier alpha value is -0.500. The van der Waals surface area contributed by atoms with Gasteiger partial charge in [-0.2, -0.15) is 4.89 Å². The van der Waals surface area contributed by atoms with Crippen LogP contribution in [0.4, 0.5) is 0 Å². The van der Waals surface area contributed by atoms with Crippen LogP contribution in [0.5, 0.6) is 0 Å². The second kappa shape index (κ2) is 1.01. The van der Waals surface area contributed by atoms with Gasteiger partial charge in [-0.25, -0.2) is 0 Å². The molecule has 1 unspecified atom stereocenters. The predicted octanol–water partition coefficient (Wildman–Crippen LogP) is 0.994. The van der Waals surface area contributed by atoms with E-state index in [1.807, 2.05) is 0 Å². The molecule has 0 aromatic carbocycles. The molecule has 0 saturated heterocycles. The molecule has 0 radical (unpaired) electrons. The summed E-state index contributed by atoms with van der Waals surface area (Å²) in [5, 5.41) is 0. The first-order valence-electron chi connectivity index (χ1n) is 2.48. The Balaban J connectivity index is 2.21. The Morgan fingerprint density at radius 3 is 3.00 bits per heavy atom. The van der Waals surface area contributed by atoms with Crippen LogP contribution in [0.15, 0.2) is 11.8 Å². The van der Waals surface area contributed by atoms with Crippen molar-refractivity contribution in [3.8, 4) is 0 Å². The van der Waals surface area contributed by atoms with Gasteiger partial charge >= 0.3 is 0 Å². The standard InChI is InChI=1S/C5H6O2/c1-2-5-4(1)3-6-7-5/h3,5H,1-2H2. The molecule has 1 atom stereocenters. The van der Waals surface area contributed by atoms with Crippen molar-refractivity contribution in [3.63, 3.8) is 0 Å². The number of rotatable bonds is 0. The van der Waals surface area contributed by atoms with E-state index in [1.54, 1.807) is 6.26 Å². The van der Waals surface area contributed by atoms with Crippen LogP contribution in [-0.4, -0.2) is 6.10 Å². The van der Waals surface area contributed by atoms with Crippen LogP contribution in [0.2, 0.25) is 0 Å². The molecule has 1 saturated carbocycles. The van der Waals surface area contributed by atoms with Gasteiger partial charge in [0.2, 0.25) is 0 Å². The summed E-state index contributed by atoms with van der Waals surface area (Å²) in [6.07, 6.45) is 4.35. The third-order valence-electron chi connectivity index (χ3n) is 1.48. The lowest BCUT2D eigenvalue weighted by atomic mass is 9.90. The number of fused-ring (bicyclic) bond motifs is 1. The third kappa shape index (κ3) is 0.320. The molecule has 2 heteroatoms. The quantitative estimate of drug-likeness (QED) is 0.421. The SMILES string of the molecule is C1=C2CCC2OO1. The summed E-state index contributed by atoms with van der Waals surface area (Å²) in [5.74, 6) is 0. The van der Waals surface area contributed by atoms with E-state index >= 15 is 0 Å². The number of hydrogen-bond donors (Lipinski definition) is 0. The van der Waals surface area contributed by atoms with E-state index < -0.39 is 0 Å². The van der Waals surface area contributed by atoms with Crippen LogP contribution in [0.1, 0.15) is 12.8 Å². The van der Waals surface area contributed by atoms with Gasteiger partial charge < -0.3 is 4.89 Å². The maximum Gasteiger partial charge on any atom is 0.131 e. The molecule has 1 heterocycles. The first kappa shape index (κ1) is 3.50. The Kier molecular flexibility index (Phi) is 0.504. The minimum absolute atomic E-state index is 0.333. The summed E-state index contributed by atoms with van der Waals surface area (Å²) < 4.78 is 0. The maximum absolute atomic E-state index is 4.76. The average molecular weight is 98.1 g/mol. The Labute approximate surface area is 41.7 Å². The summed E-state index contributed by atoms with van der Waals surface area (Å²) in [5.41, 5.74) is 1.32. The minimum atomic E-state index is 0.333. The molecule has 0 aromatic rings. The van der Waals surface area contributed by atoms with Crippen LogP contribution in [0.3, 0.4) is 0 Å². The highest BCUT2D eigenvalue weighted by Gasteiger charge is 2.30. The zero-order valence-corrected chi connectivity index (χ0v) is 3.89. The smallest absolute Gasteiger partial charge is 0.131 e. The lowest BCUT2D eigenvalue weighted by Crippen LogP contribution is -2.19. The molecular weight excluding hydrogens is 92.1 g/mol. The van der Waals surface area contributed by atoms with E-state index in [0.717, 1.165) is 6.42 Å². The molecule has 38 valence electrons. The van der Waals surface area contributed by atoms with Crippen molar-refractivity contribution in [2.45, 2.75) is 18.9 Å². The summed E-state index contributed by atoms with van der Waals surface area (Å²) in [6.45, 7) is 0. The summed E-state index contributed by atoms with van der Waals surface area (Å²) >= 11 is 0. The van der Waals surface area contributed by atoms with Gasteiger partial charge in [0.1, 0.15) is 12.4 Å². The molecule has 1 aliphatic carbocycles. The topological polar surface area (TPSA) is 18.5 Å². The van der Waals surface area contributed by atoms with Crippen molar-refractivity contribution in [2.24, 2.45) is 0 Å².